The topological polar surface area (TPSA) is 106 Å². The second-order valence-electron chi connectivity index (χ2n) is 7.71. The third-order valence-electron chi connectivity index (χ3n) is 5.55. The number of fused-ring (bicyclic) bond motifs is 1. The van der Waals surface area contributed by atoms with E-state index in [4.69, 9.17) is 4.98 Å². The molecule has 0 saturated heterocycles. The molecule has 0 radical (unpaired) electrons. The first kappa shape index (κ1) is 19.7. The number of pyridine rings is 1. The van der Waals surface area contributed by atoms with Crippen LogP contribution in [0.4, 0.5) is 0 Å². The number of H-pyrrole nitrogens is 2. The van der Waals surface area contributed by atoms with Gasteiger partial charge in [0.25, 0.3) is 0 Å². The van der Waals surface area contributed by atoms with Crippen molar-refractivity contribution in [3.63, 3.8) is 0 Å². The van der Waals surface area contributed by atoms with Gasteiger partial charge in [0, 0.05) is 24.3 Å². The summed E-state index contributed by atoms with van der Waals surface area (Å²) >= 11 is 0. The Morgan fingerprint density at radius 2 is 1.97 bits per heavy atom. The van der Waals surface area contributed by atoms with Crippen LogP contribution < -0.4 is 0 Å². The van der Waals surface area contributed by atoms with Crippen molar-refractivity contribution >= 4 is 16.6 Å². The van der Waals surface area contributed by atoms with Crippen molar-refractivity contribution in [1.29, 1.82) is 0 Å². The van der Waals surface area contributed by atoms with Crippen molar-refractivity contribution in [2.24, 2.45) is 7.05 Å². The summed E-state index contributed by atoms with van der Waals surface area (Å²) in [4.78, 5) is 21.6. The van der Waals surface area contributed by atoms with Gasteiger partial charge in [0.05, 0.1) is 47.0 Å². The zero-order valence-electron chi connectivity index (χ0n) is 18.4. The fraction of sp³-hybridized carbons (Fsp3) is 0.174. The molecule has 2 N–H and O–H groups in total. The van der Waals surface area contributed by atoms with Crippen molar-refractivity contribution in [1.82, 2.24) is 44.3 Å². The molecule has 0 aliphatic carbocycles. The van der Waals surface area contributed by atoms with E-state index in [-0.39, 0.29) is 0 Å². The number of hydrogen-bond donors (Lipinski definition) is 2. The maximum absolute atomic E-state index is 4.89. The molecule has 0 fully saturated rings. The van der Waals surface area contributed by atoms with Crippen molar-refractivity contribution in [2.75, 3.05) is 0 Å². The van der Waals surface area contributed by atoms with Gasteiger partial charge < -0.3 is 14.1 Å². The summed E-state index contributed by atoms with van der Waals surface area (Å²) in [5.41, 5.74) is 6.89. The first-order valence-corrected chi connectivity index (χ1v) is 10.2. The standard InChI is InChI=1S/C23H23N9/c1-6-7-19(32-11-13(2)26-12-32)21-14(3)27-23(28-21)22-16-8-17(25-9-18(16)29-30-22)20-10-24-15(4)31(20)5/h6-12H,1H2,2-5H3,(H,27,28)(H,29,30)/b19-7+. The summed E-state index contributed by atoms with van der Waals surface area (Å²) in [5, 5.41) is 8.52. The molecule has 5 heterocycles. The van der Waals surface area contributed by atoms with Gasteiger partial charge in [0.1, 0.15) is 17.2 Å². The Morgan fingerprint density at radius 3 is 2.66 bits per heavy atom. The third kappa shape index (κ3) is 3.15. The number of rotatable bonds is 5. The highest BCUT2D eigenvalue weighted by Crippen LogP contribution is 2.30. The van der Waals surface area contributed by atoms with Gasteiger partial charge in [-0.15, -0.1) is 0 Å². The van der Waals surface area contributed by atoms with E-state index in [9.17, 15) is 0 Å². The Balaban J connectivity index is 1.62. The summed E-state index contributed by atoms with van der Waals surface area (Å²) in [6.07, 6.45) is 11.0. The third-order valence-corrected chi connectivity index (χ3v) is 5.55. The predicted molar refractivity (Wildman–Crippen MR) is 124 cm³/mol. The van der Waals surface area contributed by atoms with Crippen LogP contribution in [0.5, 0.6) is 0 Å². The molecule has 5 aromatic heterocycles. The minimum atomic E-state index is 0.675. The second-order valence-corrected chi connectivity index (χ2v) is 7.71. The molecular formula is C23H23N9. The second kappa shape index (κ2) is 7.45. The Morgan fingerprint density at radius 1 is 1.12 bits per heavy atom. The molecule has 0 spiro atoms. The Bertz CT molecular complexity index is 1490. The van der Waals surface area contributed by atoms with Crippen LogP contribution in [0.25, 0.3) is 39.5 Å². The first-order chi connectivity index (χ1) is 15.5. The average molecular weight is 426 g/mol. The zero-order valence-corrected chi connectivity index (χ0v) is 18.4. The number of allylic oxidation sites excluding steroid dienone is 2. The highest BCUT2D eigenvalue weighted by Gasteiger charge is 2.19. The summed E-state index contributed by atoms with van der Waals surface area (Å²) in [6.45, 7) is 9.77. The van der Waals surface area contributed by atoms with Crippen LogP contribution in [-0.2, 0) is 7.05 Å². The molecule has 9 nitrogen and oxygen atoms in total. The number of hydrogen-bond acceptors (Lipinski definition) is 5. The number of aromatic amines is 2. The lowest BCUT2D eigenvalue weighted by Crippen LogP contribution is -1.98. The normalized spacial score (nSPS) is 12.1. The van der Waals surface area contributed by atoms with Crippen LogP contribution in [0.1, 0.15) is 22.9 Å². The molecular weight excluding hydrogens is 402 g/mol. The summed E-state index contributed by atoms with van der Waals surface area (Å²) < 4.78 is 3.96. The molecule has 5 aromatic rings. The van der Waals surface area contributed by atoms with E-state index < -0.39 is 0 Å². The predicted octanol–water partition coefficient (Wildman–Crippen LogP) is 3.95. The SMILES string of the molecule is C=C/C=C(\c1nc(-c2n[nH]c3cnc(-c4cnc(C)n4C)cc23)[nH]c1C)n1cnc(C)c1. The van der Waals surface area contributed by atoms with Crippen LogP contribution in [0.15, 0.2) is 49.7 Å². The maximum Gasteiger partial charge on any atom is 0.159 e. The molecule has 0 unspecified atom stereocenters. The molecule has 0 aromatic carbocycles. The molecule has 0 aliphatic heterocycles. The molecule has 0 bridgehead atoms. The van der Waals surface area contributed by atoms with Crippen LogP contribution in [0, 0.1) is 20.8 Å². The zero-order chi connectivity index (χ0) is 22.4. The average Bonchev–Trinajstić information content (AvgIpc) is 3.54. The molecule has 32 heavy (non-hydrogen) atoms. The molecule has 160 valence electrons. The van der Waals surface area contributed by atoms with Gasteiger partial charge in [-0.05, 0) is 32.9 Å². The Kier molecular flexibility index (Phi) is 4.58. The van der Waals surface area contributed by atoms with Gasteiger partial charge in [-0.1, -0.05) is 12.7 Å². The number of imidazole rings is 3. The van der Waals surface area contributed by atoms with Crippen molar-refractivity contribution in [3.8, 4) is 22.9 Å². The van der Waals surface area contributed by atoms with Gasteiger partial charge >= 0.3 is 0 Å². The van der Waals surface area contributed by atoms with E-state index in [2.05, 4.69) is 36.7 Å². The van der Waals surface area contributed by atoms with E-state index in [0.717, 1.165) is 56.6 Å². The number of aryl methyl sites for hydroxylation is 3. The Hall–Kier alpha value is -4.27. The van der Waals surface area contributed by atoms with Crippen LogP contribution in [0.2, 0.25) is 0 Å². The lowest BCUT2D eigenvalue weighted by molar-refractivity contribution is 0.862. The highest BCUT2D eigenvalue weighted by atomic mass is 15.2. The quantitative estimate of drug-likeness (QED) is 0.415. The maximum atomic E-state index is 4.89. The van der Waals surface area contributed by atoms with E-state index in [1.54, 1.807) is 18.6 Å². The molecule has 0 amide bonds. The molecule has 0 aliphatic rings. The van der Waals surface area contributed by atoms with E-state index in [1.807, 2.05) is 61.5 Å². The van der Waals surface area contributed by atoms with Gasteiger partial charge in [0.2, 0.25) is 0 Å². The number of nitrogens with one attached hydrogen (secondary N) is 2. The smallest absolute Gasteiger partial charge is 0.159 e. The van der Waals surface area contributed by atoms with Crippen molar-refractivity contribution < 1.29 is 0 Å². The van der Waals surface area contributed by atoms with Crippen LogP contribution in [0.3, 0.4) is 0 Å². The van der Waals surface area contributed by atoms with Gasteiger partial charge in [-0.25, -0.2) is 15.0 Å². The van der Waals surface area contributed by atoms with Crippen LogP contribution in [-0.4, -0.2) is 44.3 Å². The summed E-state index contributed by atoms with van der Waals surface area (Å²) in [7, 11) is 1.98. The van der Waals surface area contributed by atoms with E-state index >= 15 is 0 Å². The minimum absolute atomic E-state index is 0.675. The monoisotopic (exact) mass is 425 g/mol. The van der Waals surface area contributed by atoms with Gasteiger partial charge in [0.15, 0.2) is 5.82 Å². The summed E-state index contributed by atoms with van der Waals surface area (Å²) in [5.74, 6) is 1.60. The lowest BCUT2D eigenvalue weighted by Gasteiger charge is -2.05. The number of aromatic nitrogens is 9. The first-order valence-electron chi connectivity index (χ1n) is 10.2. The van der Waals surface area contributed by atoms with Gasteiger partial charge in [-0.2, -0.15) is 5.10 Å². The molecule has 0 saturated carbocycles. The van der Waals surface area contributed by atoms with E-state index in [1.165, 1.54) is 0 Å². The molecule has 9 heteroatoms. The number of nitrogens with zero attached hydrogens (tertiary/aromatic N) is 7. The molecule has 5 rings (SSSR count). The minimum Gasteiger partial charge on any atom is -0.340 e. The van der Waals surface area contributed by atoms with Gasteiger partial charge in [-0.3, -0.25) is 10.1 Å². The van der Waals surface area contributed by atoms with Crippen LogP contribution >= 0.6 is 0 Å². The van der Waals surface area contributed by atoms with E-state index in [0.29, 0.717) is 5.82 Å². The summed E-state index contributed by atoms with van der Waals surface area (Å²) in [6, 6.07) is 2.02. The Labute approximate surface area is 184 Å². The highest BCUT2D eigenvalue weighted by molar-refractivity contribution is 5.93. The van der Waals surface area contributed by atoms with Crippen molar-refractivity contribution in [2.45, 2.75) is 20.8 Å². The fourth-order valence-corrected chi connectivity index (χ4v) is 3.75. The molecule has 0 atom stereocenters. The van der Waals surface area contributed by atoms with Crippen molar-refractivity contribution in [3.05, 3.63) is 72.6 Å². The largest absolute Gasteiger partial charge is 0.340 e. The fourth-order valence-electron chi connectivity index (χ4n) is 3.75. The lowest BCUT2D eigenvalue weighted by atomic mass is 10.2.